The standard InChI is InChI=1S/C12H15Br2NO/c13-10-5-9(6-11(14)7-10)8-12(16)1-3-15-4-2-12/h5-7,15-16H,1-4,8H2. The number of rotatable bonds is 2. The molecule has 0 saturated carbocycles. The predicted molar refractivity (Wildman–Crippen MR) is 72.6 cm³/mol. The maximum Gasteiger partial charge on any atom is 0.0712 e. The van der Waals surface area contributed by atoms with E-state index in [1.165, 1.54) is 5.56 Å². The van der Waals surface area contributed by atoms with Crippen molar-refractivity contribution in [3.05, 3.63) is 32.7 Å². The van der Waals surface area contributed by atoms with Crippen LogP contribution in [0.1, 0.15) is 18.4 Å². The quantitative estimate of drug-likeness (QED) is 0.861. The van der Waals surface area contributed by atoms with Gasteiger partial charge in [-0.25, -0.2) is 0 Å². The summed E-state index contributed by atoms with van der Waals surface area (Å²) in [7, 11) is 0. The van der Waals surface area contributed by atoms with E-state index in [9.17, 15) is 5.11 Å². The summed E-state index contributed by atoms with van der Waals surface area (Å²) >= 11 is 6.94. The molecule has 0 atom stereocenters. The minimum absolute atomic E-state index is 0.536. The van der Waals surface area contributed by atoms with Crippen LogP contribution in [0.3, 0.4) is 0 Å². The van der Waals surface area contributed by atoms with E-state index in [0.29, 0.717) is 0 Å². The van der Waals surface area contributed by atoms with E-state index < -0.39 is 5.60 Å². The Morgan fingerprint density at radius 2 is 1.69 bits per heavy atom. The molecule has 0 bridgehead atoms. The second-order valence-corrected chi connectivity index (χ2v) is 6.26. The summed E-state index contributed by atoms with van der Waals surface area (Å²) in [6, 6.07) is 6.16. The number of halogens is 2. The Hall–Kier alpha value is 0.1000. The lowest BCUT2D eigenvalue weighted by atomic mass is 9.86. The average molecular weight is 349 g/mol. The van der Waals surface area contributed by atoms with E-state index in [4.69, 9.17) is 0 Å². The summed E-state index contributed by atoms with van der Waals surface area (Å²) in [5, 5.41) is 13.7. The van der Waals surface area contributed by atoms with E-state index in [-0.39, 0.29) is 0 Å². The number of hydrogen-bond donors (Lipinski definition) is 2. The highest BCUT2D eigenvalue weighted by Crippen LogP contribution is 2.27. The van der Waals surface area contributed by atoms with Crippen LogP contribution in [-0.2, 0) is 6.42 Å². The van der Waals surface area contributed by atoms with Gasteiger partial charge in [0, 0.05) is 15.4 Å². The van der Waals surface area contributed by atoms with Gasteiger partial charge in [-0.3, -0.25) is 0 Å². The maximum absolute atomic E-state index is 10.4. The van der Waals surface area contributed by atoms with Gasteiger partial charge in [0.2, 0.25) is 0 Å². The van der Waals surface area contributed by atoms with Crippen molar-refractivity contribution in [3.63, 3.8) is 0 Å². The molecule has 2 rings (SSSR count). The van der Waals surface area contributed by atoms with Crippen LogP contribution in [0.25, 0.3) is 0 Å². The largest absolute Gasteiger partial charge is 0.389 e. The molecule has 1 heterocycles. The summed E-state index contributed by atoms with van der Waals surface area (Å²) < 4.78 is 2.10. The number of benzene rings is 1. The van der Waals surface area contributed by atoms with Gasteiger partial charge in [0.05, 0.1) is 5.60 Å². The Balaban J connectivity index is 2.13. The molecule has 0 aromatic heterocycles. The van der Waals surface area contributed by atoms with Crippen LogP contribution in [-0.4, -0.2) is 23.8 Å². The van der Waals surface area contributed by atoms with Gasteiger partial charge in [0.1, 0.15) is 0 Å². The SMILES string of the molecule is OC1(Cc2cc(Br)cc(Br)c2)CCNCC1. The van der Waals surface area contributed by atoms with E-state index >= 15 is 0 Å². The number of aliphatic hydroxyl groups is 1. The Bertz CT molecular complexity index is 355. The minimum Gasteiger partial charge on any atom is -0.389 e. The highest BCUT2D eigenvalue weighted by molar-refractivity contribution is 9.11. The van der Waals surface area contributed by atoms with Crippen molar-refractivity contribution in [2.24, 2.45) is 0 Å². The van der Waals surface area contributed by atoms with Gasteiger partial charge in [0.15, 0.2) is 0 Å². The van der Waals surface area contributed by atoms with Crippen molar-refractivity contribution in [2.75, 3.05) is 13.1 Å². The molecule has 4 heteroatoms. The van der Waals surface area contributed by atoms with Gasteiger partial charge in [-0.2, -0.15) is 0 Å². The highest BCUT2D eigenvalue weighted by atomic mass is 79.9. The molecular weight excluding hydrogens is 334 g/mol. The lowest BCUT2D eigenvalue weighted by molar-refractivity contribution is 0.0108. The van der Waals surface area contributed by atoms with E-state index in [2.05, 4.69) is 49.3 Å². The fraction of sp³-hybridized carbons (Fsp3) is 0.500. The molecule has 0 aliphatic carbocycles. The summed E-state index contributed by atoms with van der Waals surface area (Å²) in [5.74, 6) is 0. The Kier molecular flexibility index (Phi) is 4.06. The van der Waals surface area contributed by atoms with Crippen molar-refractivity contribution in [1.82, 2.24) is 5.32 Å². The van der Waals surface area contributed by atoms with Crippen molar-refractivity contribution in [3.8, 4) is 0 Å². The number of nitrogens with one attached hydrogen (secondary N) is 1. The van der Waals surface area contributed by atoms with Crippen molar-refractivity contribution in [2.45, 2.75) is 24.9 Å². The van der Waals surface area contributed by atoms with Crippen LogP contribution in [0.4, 0.5) is 0 Å². The topological polar surface area (TPSA) is 32.3 Å². The summed E-state index contributed by atoms with van der Waals surface area (Å²) in [5.41, 5.74) is 0.636. The Labute approximate surface area is 113 Å². The molecule has 0 unspecified atom stereocenters. The first-order valence-corrected chi connectivity index (χ1v) is 7.04. The predicted octanol–water partition coefficient (Wildman–Crippen LogP) is 2.87. The van der Waals surface area contributed by atoms with E-state index in [1.807, 2.05) is 6.07 Å². The molecule has 16 heavy (non-hydrogen) atoms. The number of hydrogen-bond acceptors (Lipinski definition) is 2. The fourth-order valence-electron chi connectivity index (χ4n) is 2.16. The molecule has 1 aromatic rings. The van der Waals surface area contributed by atoms with Gasteiger partial charge in [0.25, 0.3) is 0 Å². The van der Waals surface area contributed by atoms with Crippen molar-refractivity contribution < 1.29 is 5.11 Å². The molecule has 1 aliphatic heterocycles. The summed E-state index contributed by atoms with van der Waals surface area (Å²) in [6.45, 7) is 1.82. The second-order valence-electron chi connectivity index (χ2n) is 4.43. The molecule has 0 amide bonds. The molecule has 2 N–H and O–H groups in total. The van der Waals surface area contributed by atoms with Crippen LogP contribution >= 0.6 is 31.9 Å². The molecule has 88 valence electrons. The summed E-state index contributed by atoms with van der Waals surface area (Å²) in [4.78, 5) is 0. The Morgan fingerprint density at radius 3 is 2.25 bits per heavy atom. The molecule has 0 spiro atoms. The molecule has 1 saturated heterocycles. The fourth-order valence-corrected chi connectivity index (χ4v) is 3.55. The highest BCUT2D eigenvalue weighted by Gasteiger charge is 2.29. The van der Waals surface area contributed by atoms with Crippen LogP contribution in [0.2, 0.25) is 0 Å². The number of piperidine rings is 1. The second kappa shape index (κ2) is 5.17. The summed E-state index contributed by atoms with van der Waals surface area (Å²) in [6.07, 6.45) is 2.39. The normalized spacial score (nSPS) is 19.7. The van der Waals surface area contributed by atoms with E-state index in [0.717, 1.165) is 41.3 Å². The lowest BCUT2D eigenvalue weighted by Crippen LogP contribution is -2.43. The van der Waals surface area contributed by atoms with Crippen LogP contribution in [0.15, 0.2) is 27.1 Å². The molecule has 0 radical (unpaired) electrons. The first-order valence-electron chi connectivity index (χ1n) is 5.45. The third-order valence-electron chi connectivity index (χ3n) is 2.99. The minimum atomic E-state index is -0.536. The molecule has 1 aliphatic rings. The third-order valence-corrected chi connectivity index (χ3v) is 3.91. The van der Waals surface area contributed by atoms with Crippen molar-refractivity contribution in [1.29, 1.82) is 0 Å². The zero-order chi connectivity index (χ0) is 11.6. The van der Waals surface area contributed by atoms with Gasteiger partial charge >= 0.3 is 0 Å². The van der Waals surface area contributed by atoms with Gasteiger partial charge < -0.3 is 10.4 Å². The van der Waals surface area contributed by atoms with Crippen LogP contribution < -0.4 is 5.32 Å². The van der Waals surface area contributed by atoms with Gasteiger partial charge in [-0.1, -0.05) is 31.9 Å². The zero-order valence-electron chi connectivity index (χ0n) is 8.97. The molecule has 2 nitrogen and oxygen atoms in total. The van der Waals surface area contributed by atoms with Crippen molar-refractivity contribution >= 4 is 31.9 Å². The maximum atomic E-state index is 10.4. The van der Waals surface area contributed by atoms with E-state index in [1.54, 1.807) is 0 Å². The monoisotopic (exact) mass is 347 g/mol. The van der Waals surface area contributed by atoms with Gasteiger partial charge in [-0.05, 0) is 49.7 Å². The third kappa shape index (κ3) is 3.29. The Morgan fingerprint density at radius 1 is 1.12 bits per heavy atom. The van der Waals surface area contributed by atoms with Crippen LogP contribution in [0.5, 0.6) is 0 Å². The first-order chi connectivity index (χ1) is 7.57. The molecular formula is C12H15Br2NO. The first kappa shape index (κ1) is 12.6. The van der Waals surface area contributed by atoms with Crippen LogP contribution in [0, 0.1) is 0 Å². The molecule has 1 fully saturated rings. The molecule has 1 aromatic carbocycles. The lowest BCUT2D eigenvalue weighted by Gasteiger charge is -2.32. The zero-order valence-corrected chi connectivity index (χ0v) is 12.1. The average Bonchev–Trinajstić information content (AvgIpc) is 2.15. The smallest absolute Gasteiger partial charge is 0.0712 e. The van der Waals surface area contributed by atoms with Gasteiger partial charge in [-0.15, -0.1) is 0 Å².